The van der Waals surface area contributed by atoms with Crippen molar-refractivity contribution in [3.63, 3.8) is 0 Å². The monoisotopic (exact) mass is 226 g/mol. The van der Waals surface area contributed by atoms with E-state index in [2.05, 4.69) is 20.2 Å². The minimum absolute atomic E-state index is 0.682. The summed E-state index contributed by atoms with van der Waals surface area (Å²) in [6.45, 7) is 0. The van der Waals surface area contributed by atoms with E-state index in [-0.39, 0.29) is 0 Å². The fourth-order valence-electron chi connectivity index (χ4n) is 1.62. The van der Waals surface area contributed by atoms with Crippen molar-refractivity contribution in [2.24, 2.45) is 0 Å². The Balaban J connectivity index is 2.06. The third-order valence-corrected chi connectivity index (χ3v) is 2.54. The van der Waals surface area contributed by atoms with Crippen LogP contribution in [0.5, 0.6) is 5.75 Å². The number of methoxy groups -OCH3 is 1. The van der Waals surface area contributed by atoms with Gasteiger partial charge in [-0.15, -0.1) is 0 Å². The maximum Gasteiger partial charge on any atom is 0.159 e. The Bertz CT molecular complexity index is 645. The number of aromatic nitrogens is 4. The van der Waals surface area contributed by atoms with Crippen molar-refractivity contribution >= 4 is 11.0 Å². The first-order valence-electron chi connectivity index (χ1n) is 5.17. The molecule has 1 N–H and O–H groups in total. The molecule has 0 aliphatic carbocycles. The molecule has 3 aromatic rings. The number of benzene rings is 1. The highest BCUT2D eigenvalue weighted by Crippen LogP contribution is 2.20. The van der Waals surface area contributed by atoms with Crippen LogP contribution in [0, 0.1) is 0 Å². The molecule has 0 fully saturated rings. The van der Waals surface area contributed by atoms with E-state index in [1.807, 2.05) is 24.3 Å². The highest BCUT2D eigenvalue weighted by Gasteiger charge is 2.04. The minimum atomic E-state index is 0.682. The number of aromatic amines is 1. The van der Waals surface area contributed by atoms with Crippen LogP contribution >= 0.6 is 0 Å². The molecule has 0 radical (unpaired) electrons. The Morgan fingerprint density at radius 1 is 1.12 bits per heavy atom. The SMILES string of the molecule is COc1ccc(-c2ncc3[nH]ncc3n2)cc1. The van der Waals surface area contributed by atoms with Gasteiger partial charge in [-0.2, -0.15) is 5.10 Å². The van der Waals surface area contributed by atoms with E-state index in [1.54, 1.807) is 19.5 Å². The molecule has 0 aliphatic rings. The summed E-state index contributed by atoms with van der Waals surface area (Å²) in [5.74, 6) is 1.50. The normalized spacial score (nSPS) is 10.6. The van der Waals surface area contributed by atoms with E-state index < -0.39 is 0 Å². The minimum Gasteiger partial charge on any atom is -0.497 e. The number of hydrogen-bond donors (Lipinski definition) is 1. The fraction of sp³-hybridized carbons (Fsp3) is 0.0833. The first-order chi connectivity index (χ1) is 8.36. The first-order valence-corrected chi connectivity index (χ1v) is 5.17. The molecule has 0 atom stereocenters. The van der Waals surface area contributed by atoms with E-state index in [9.17, 15) is 0 Å². The molecule has 0 bridgehead atoms. The van der Waals surface area contributed by atoms with Crippen molar-refractivity contribution in [3.8, 4) is 17.1 Å². The topological polar surface area (TPSA) is 63.7 Å². The summed E-state index contributed by atoms with van der Waals surface area (Å²) in [6, 6.07) is 7.64. The summed E-state index contributed by atoms with van der Waals surface area (Å²) in [4.78, 5) is 8.70. The van der Waals surface area contributed by atoms with Crippen LogP contribution in [0.2, 0.25) is 0 Å². The summed E-state index contributed by atoms with van der Waals surface area (Å²) >= 11 is 0. The number of nitrogens with one attached hydrogen (secondary N) is 1. The highest BCUT2D eigenvalue weighted by atomic mass is 16.5. The molecule has 2 aromatic heterocycles. The molecule has 0 spiro atoms. The van der Waals surface area contributed by atoms with Gasteiger partial charge in [0.15, 0.2) is 5.82 Å². The van der Waals surface area contributed by atoms with Gasteiger partial charge < -0.3 is 4.74 Å². The molecule has 3 rings (SSSR count). The average molecular weight is 226 g/mol. The summed E-state index contributed by atoms with van der Waals surface area (Å²) in [6.07, 6.45) is 3.42. The molecule has 5 nitrogen and oxygen atoms in total. The maximum atomic E-state index is 5.11. The number of nitrogens with zero attached hydrogens (tertiary/aromatic N) is 3. The Morgan fingerprint density at radius 3 is 2.71 bits per heavy atom. The smallest absolute Gasteiger partial charge is 0.159 e. The van der Waals surface area contributed by atoms with E-state index >= 15 is 0 Å². The summed E-state index contributed by atoms with van der Waals surface area (Å²) in [5.41, 5.74) is 2.60. The molecular formula is C12H10N4O. The van der Waals surface area contributed by atoms with E-state index in [4.69, 9.17) is 4.74 Å². The lowest BCUT2D eigenvalue weighted by Gasteiger charge is -2.02. The molecule has 5 heteroatoms. The largest absolute Gasteiger partial charge is 0.497 e. The third kappa shape index (κ3) is 1.71. The number of ether oxygens (including phenoxy) is 1. The van der Waals surface area contributed by atoms with Crippen LogP contribution in [0.15, 0.2) is 36.7 Å². The lowest BCUT2D eigenvalue weighted by Crippen LogP contribution is -1.89. The number of rotatable bonds is 2. The predicted octanol–water partition coefficient (Wildman–Crippen LogP) is 2.03. The van der Waals surface area contributed by atoms with Crippen molar-refractivity contribution in [2.45, 2.75) is 0 Å². The zero-order chi connectivity index (χ0) is 11.7. The third-order valence-electron chi connectivity index (χ3n) is 2.54. The molecule has 0 aliphatic heterocycles. The van der Waals surface area contributed by atoms with Crippen LogP contribution in [-0.4, -0.2) is 27.3 Å². The molecule has 0 unspecified atom stereocenters. The highest BCUT2D eigenvalue weighted by molar-refractivity contribution is 5.74. The fourth-order valence-corrected chi connectivity index (χ4v) is 1.62. The van der Waals surface area contributed by atoms with E-state index in [0.29, 0.717) is 5.82 Å². The van der Waals surface area contributed by atoms with Gasteiger partial charge >= 0.3 is 0 Å². The van der Waals surface area contributed by atoms with Gasteiger partial charge in [-0.3, -0.25) is 5.10 Å². The summed E-state index contributed by atoms with van der Waals surface area (Å²) in [5, 5.41) is 6.74. The second-order valence-corrected chi connectivity index (χ2v) is 3.59. The first kappa shape index (κ1) is 9.77. The molecular weight excluding hydrogens is 216 g/mol. The molecule has 17 heavy (non-hydrogen) atoms. The summed E-state index contributed by atoms with van der Waals surface area (Å²) in [7, 11) is 1.64. The van der Waals surface area contributed by atoms with Crippen LogP contribution in [0.1, 0.15) is 0 Å². The lowest BCUT2D eigenvalue weighted by atomic mass is 10.2. The van der Waals surface area contributed by atoms with E-state index in [0.717, 1.165) is 22.3 Å². The van der Waals surface area contributed by atoms with Crippen molar-refractivity contribution in [1.82, 2.24) is 20.2 Å². The van der Waals surface area contributed by atoms with Gasteiger partial charge in [0, 0.05) is 5.56 Å². The molecule has 2 heterocycles. The van der Waals surface area contributed by atoms with Crippen LogP contribution in [-0.2, 0) is 0 Å². The Kier molecular flexibility index (Phi) is 2.22. The van der Waals surface area contributed by atoms with Crippen LogP contribution < -0.4 is 4.74 Å². The van der Waals surface area contributed by atoms with Gasteiger partial charge in [0.25, 0.3) is 0 Å². The van der Waals surface area contributed by atoms with Gasteiger partial charge in [-0.1, -0.05) is 0 Å². The molecule has 84 valence electrons. The molecule has 0 amide bonds. The van der Waals surface area contributed by atoms with Crippen LogP contribution in [0.3, 0.4) is 0 Å². The van der Waals surface area contributed by atoms with Gasteiger partial charge in [-0.05, 0) is 24.3 Å². The molecule has 0 saturated carbocycles. The molecule has 0 saturated heterocycles. The van der Waals surface area contributed by atoms with Crippen molar-refractivity contribution in [2.75, 3.05) is 7.11 Å². The Morgan fingerprint density at radius 2 is 1.94 bits per heavy atom. The molecule has 1 aromatic carbocycles. The predicted molar refractivity (Wildman–Crippen MR) is 63.7 cm³/mol. The van der Waals surface area contributed by atoms with Crippen molar-refractivity contribution in [1.29, 1.82) is 0 Å². The second kappa shape index (κ2) is 3.86. The Labute approximate surface area is 97.5 Å². The van der Waals surface area contributed by atoms with Gasteiger partial charge in [0.1, 0.15) is 16.8 Å². The Hall–Kier alpha value is -2.43. The maximum absolute atomic E-state index is 5.11. The zero-order valence-electron chi connectivity index (χ0n) is 9.21. The quantitative estimate of drug-likeness (QED) is 0.726. The number of H-pyrrole nitrogens is 1. The standard InChI is InChI=1S/C12H10N4O/c1-17-9-4-2-8(3-5-9)12-13-6-11-10(15-12)7-14-16-11/h2-7H,1H3,(H,14,16). The van der Waals surface area contributed by atoms with Gasteiger partial charge in [0.05, 0.1) is 19.5 Å². The number of hydrogen-bond acceptors (Lipinski definition) is 4. The van der Waals surface area contributed by atoms with Crippen LogP contribution in [0.25, 0.3) is 22.4 Å². The lowest BCUT2D eigenvalue weighted by molar-refractivity contribution is 0.415. The average Bonchev–Trinajstić information content (AvgIpc) is 2.86. The van der Waals surface area contributed by atoms with Crippen molar-refractivity contribution < 1.29 is 4.74 Å². The van der Waals surface area contributed by atoms with Crippen LogP contribution in [0.4, 0.5) is 0 Å². The number of fused-ring (bicyclic) bond motifs is 1. The van der Waals surface area contributed by atoms with E-state index in [1.165, 1.54) is 0 Å². The second-order valence-electron chi connectivity index (χ2n) is 3.59. The zero-order valence-corrected chi connectivity index (χ0v) is 9.21. The van der Waals surface area contributed by atoms with Crippen molar-refractivity contribution in [3.05, 3.63) is 36.7 Å². The van der Waals surface area contributed by atoms with Gasteiger partial charge in [0.2, 0.25) is 0 Å². The van der Waals surface area contributed by atoms with Gasteiger partial charge in [-0.25, -0.2) is 9.97 Å². The summed E-state index contributed by atoms with van der Waals surface area (Å²) < 4.78 is 5.11.